The number of hydrogen-bond donors (Lipinski definition) is 1. The molecule has 4 aliphatic heterocycles. The highest BCUT2D eigenvalue weighted by Crippen LogP contribution is 2.61. The smallest absolute Gasteiger partial charge is 0.311 e. The number of para-hydroxylation sites is 1. The van der Waals surface area contributed by atoms with Crippen LogP contribution in [-0.2, 0) is 19.1 Å². The molecule has 0 bridgehead atoms. The molecule has 1 spiro atoms. The Hall–Kier alpha value is -2.29. The maximum Gasteiger partial charge on any atom is 0.311 e. The van der Waals surface area contributed by atoms with Crippen LogP contribution in [0.25, 0.3) is 0 Å². The summed E-state index contributed by atoms with van der Waals surface area (Å²) in [7, 11) is 0. The molecule has 1 aromatic carbocycles. The number of esters is 1. The van der Waals surface area contributed by atoms with Gasteiger partial charge in [0, 0.05) is 11.8 Å². The Labute approximate surface area is 214 Å². The van der Waals surface area contributed by atoms with Crippen LogP contribution in [0.4, 0.5) is 5.69 Å². The van der Waals surface area contributed by atoms with Gasteiger partial charge in [0.15, 0.2) is 0 Å². The zero-order chi connectivity index (χ0) is 24.7. The molecule has 2 fully saturated rings. The monoisotopic (exact) mass is 516 g/mol. The number of likely N-dealkylation sites (tertiary alicyclic amines) is 1. The van der Waals surface area contributed by atoms with Crippen molar-refractivity contribution in [1.82, 2.24) is 4.90 Å². The maximum absolute atomic E-state index is 14.2. The topological polar surface area (TPSA) is 87.2 Å². The summed E-state index contributed by atoms with van der Waals surface area (Å²) >= 11 is 7.95. The average Bonchev–Trinajstić information content (AvgIpc) is 3.24. The lowest BCUT2D eigenvalue weighted by Crippen LogP contribution is -2.56. The van der Waals surface area contributed by atoms with Crippen molar-refractivity contribution in [3.63, 3.8) is 0 Å². The molecule has 2 saturated heterocycles. The van der Waals surface area contributed by atoms with E-state index < -0.39 is 34.6 Å². The van der Waals surface area contributed by atoms with Crippen molar-refractivity contribution in [3.8, 4) is 0 Å². The second-order valence-electron chi connectivity index (χ2n) is 9.51. The minimum Gasteiger partial charge on any atom is -0.465 e. The van der Waals surface area contributed by atoms with Gasteiger partial charge in [-0.05, 0) is 38.3 Å². The largest absolute Gasteiger partial charge is 0.465 e. The van der Waals surface area contributed by atoms with Gasteiger partial charge in [0.25, 0.3) is 5.91 Å². The number of hydrogen-bond acceptors (Lipinski definition) is 6. The lowest BCUT2D eigenvalue weighted by atomic mass is 9.78. The normalized spacial score (nSPS) is 34.5. The van der Waals surface area contributed by atoms with E-state index in [1.54, 1.807) is 30.0 Å². The van der Waals surface area contributed by atoms with Crippen LogP contribution in [0.2, 0.25) is 5.02 Å². The molecule has 5 rings (SSSR count). The molecule has 6 atom stereocenters. The van der Waals surface area contributed by atoms with Crippen LogP contribution in [0.5, 0.6) is 0 Å². The average molecular weight is 517 g/mol. The van der Waals surface area contributed by atoms with Crippen molar-refractivity contribution in [2.45, 2.75) is 48.3 Å². The Morgan fingerprint density at radius 2 is 2.00 bits per heavy atom. The highest BCUT2D eigenvalue weighted by Gasteiger charge is 2.71. The van der Waals surface area contributed by atoms with Gasteiger partial charge in [-0.1, -0.05) is 48.0 Å². The van der Waals surface area contributed by atoms with Gasteiger partial charge in [-0.25, -0.2) is 0 Å². The Kier molecular flexibility index (Phi) is 6.72. The van der Waals surface area contributed by atoms with Crippen LogP contribution in [-0.4, -0.2) is 69.6 Å². The van der Waals surface area contributed by atoms with Crippen molar-refractivity contribution < 1.29 is 24.2 Å². The summed E-state index contributed by atoms with van der Waals surface area (Å²) in [5.41, 5.74) is 0.565. The second-order valence-corrected chi connectivity index (χ2v) is 11.4. The second kappa shape index (κ2) is 9.64. The standard InChI is InChI=1S/C26H29ClN2O5S/c1-16(15-30)29-22-24(32)28(18-10-6-5-9-17(18)27)13-8-12-26(22)21(23(29)31)20-19(35-26)11-4-2-3-7-14-34-25(20)33/h4-6,8-12,16,19-22,30H,2-3,7,13-15H2,1H3/b11-4-/t16-,19+,20-,21+,22?,26+/m1/s1. The highest BCUT2D eigenvalue weighted by molar-refractivity contribution is 8.02. The molecule has 0 aliphatic carbocycles. The van der Waals surface area contributed by atoms with E-state index in [4.69, 9.17) is 16.3 Å². The number of thioether (sulfide) groups is 1. The fraction of sp³-hybridized carbons (Fsp3) is 0.500. The lowest BCUT2D eigenvalue weighted by Gasteiger charge is -2.37. The molecule has 4 heterocycles. The van der Waals surface area contributed by atoms with E-state index in [2.05, 4.69) is 6.08 Å². The number of aliphatic hydroxyl groups is 1. The maximum atomic E-state index is 14.2. The summed E-state index contributed by atoms with van der Waals surface area (Å²) in [5.74, 6) is -2.43. The number of amides is 2. The van der Waals surface area contributed by atoms with Gasteiger partial charge in [0.1, 0.15) is 6.04 Å². The van der Waals surface area contributed by atoms with Crippen LogP contribution >= 0.6 is 23.4 Å². The van der Waals surface area contributed by atoms with Crippen molar-refractivity contribution in [2.24, 2.45) is 11.8 Å². The van der Waals surface area contributed by atoms with Crippen LogP contribution < -0.4 is 4.90 Å². The third-order valence-corrected chi connectivity index (χ3v) is 9.49. The SMILES string of the molecule is C[C@H](CO)N1C(=O)[C@@H]2[C@@H]3C(=O)OCCCC/C=C\[C@@H]3S[C@@]23C=CCN(c2ccccc2Cl)C(=O)C13. The predicted molar refractivity (Wildman–Crippen MR) is 135 cm³/mol. The number of anilines is 1. The fourth-order valence-corrected chi connectivity index (χ4v) is 8.03. The molecule has 0 aromatic heterocycles. The first-order chi connectivity index (χ1) is 16.9. The molecule has 1 N–H and O–H groups in total. The molecule has 4 aliphatic rings. The Morgan fingerprint density at radius 3 is 2.77 bits per heavy atom. The molecule has 1 aromatic rings. The summed E-state index contributed by atoms with van der Waals surface area (Å²) in [6, 6.07) is 5.64. The van der Waals surface area contributed by atoms with Gasteiger partial charge in [0.05, 0.1) is 46.5 Å². The Bertz CT molecular complexity index is 1090. The number of benzene rings is 1. The molecule has 0 saturated carbocycles. The summed E-state index contributed by atoms with van der Waals surface area (Å²) in [5, 5.41) is 10.2. The minimum atomic E-state index is -0.958. The quantitative estimate of drug-likeness (QED) is 0.490. The summed E-state index contributed by atoms with van der Waals surface area (Å²) in [6.07, 6.45) is 10.5. The van der Waals surface area contributed by atoms with E-state index in [0.717, 1.165) is 19.3 Å². The molecule has 186 valence electrons. The lowest BCUT2D eigenvalue weighted by molar-refractivity contribution is -0.153. The number of carbonyl (C=O) groups excluding carboxylic acids is 3. The molecular formula is C26H29ClN2O5S. The van der Waals surface area contributed by atoms with Crippen molar-refractivity contribution in [3.05, 3.63) is 53.6 Å². The van der Waals surface area contributed by atoms with E-state index >= 15 is 0 Å². The first kappa shape index (κ1) is 24.4. The van der Waals surface area contributed by atoms with Crippen LogP contribution in [0.1, 0.15) is 26.2 Å². The van der Waals surface area contributed by atoms with Crippen molar-refractivity contribution in [1.29, 1.82) is 0 Å². The first-order valence-corrected chi connectivity index (χ1v) is 13.3. The highest BCUT2D eigenvalue weighted by atomic mass is 35.5. The Morgan fingerprint density at radius 1 is 1.20 bits per heavy atom. The van der Waals surface area contributed by atoms with E-state index in [1.165, 1.54) is 16.7 Å². The number of ether oxygens (including phenoxy) is 1. The van der Waals surface area contributed by atoms with E-state index in [1.807, 2.05) is 24.3 Å². The number of nitrogens with zero attached hydrogens (tertiary/aromatic N) is 2. The molecule has 9 heteroatoms. The van der Waals surface area contributed by atoms with E-state index in [0.29, 0.717) is 23.9 Å². The van der Waals surface area contributed by atoms with Gasteiger partial charge in [0.2, 0.25) is 5.91 Å². The molecular weight excluding hydrogens is 488 g/mol. The van der Waals surface area contributed by atoms with Gasteiger partial charge in [-0.15, -0.1) is 11.8 Å². The molecule has 7 nitrogen and oxygen atoms in total. The molecule has 0 radical (unpaired) electrons. The Balaban J connectivity index is 1.64. The zero-order valence-electron chi connectivity index (χ0n) is 19.5. The molecule has 2 amide bonds. The van der Waals surface area contributed by atoms with Gasteiger partial charge in [-0.2, -0.15) is 0 Å². The number of halogens is 1. The first-order valence-electron chi connectivity index (χ1n) is 12.1. The number of allylic oxidation sites excluding steroid dienone is 1. The van der Waals surface area contributed by atoms with Crippen LogP contribution in [0, 0.1) is 11.8 Å². The number of carbonyl (C=O) groups is 3. The van der Waals surface area contributed by atoms with Gasteiger partial charge >= 0.3 is 5.97 Å². The van der Waals surface area contributed by atoms with E-state index in [9.17, 15) is 19.5 Å². The number of rotatable bonds is 3. The summed E-state index contributed by atoms with van der Waals surface area (Å²) in [6.45, 7) is 2.04. The predicted octanol–water partition coefficient (Wildman–Crippen LogP) is 3.20. The summed E-state index contributed by atoms with van der Waals surface area (Å²) < 4.78 is 4.65. The summed E-state index contributed by atoms with van der Waals surface area (Å²) in [4.78, 5) is 44.6. The number of fused-ring (bicyclic) bond motifs is 2. The van der Waals surface area contributed by atoms with E-state index in [-0.39, 0.29) is 23.7 Å². The van der Waals surface area contributed by atoms with Crippen LogP contribution in [0.3, 0.4) is 0 Å². The fourth-order valence-electron chi connectivity index (χ4n) is 5.81. The van der Waals surface area contributed by atoms with Gasteiger partial charge < -0.3 is 19.6 Å². The minimum absolute atomic E-state index is 0.271. The number of aliphatic hydroxyl groups excluding tert-OH is 1. The van der Waals surface area contributed by atoms with Crippen molar-refractivity contribution in [2.75, 3.05) is 24.7 Å². The van der Waals surface area contributed by atoms with Crippen molar-refractivity contribution >= 4 is 46.8 Å². The molecule has 1 unspecified atom stereocenters. The molecule has 35 heavy (non-hydrogen) atoms. The third-order valence-electron chi connectivity index (χ3n) is 7.42. The van der Waals surface area contributed by atoms with Gasteiger partial charge in [-0.3, -0.25) is 14.4 Å². The number of cyclic esters (lactones) is 1. The third kappa shape index (κ3) is 3.90. The van der Waals surface area contributed by atoms with Crippen LogP contribution in [0.15, 0.2) is 48.6 Å². The zero-order valence-corrected chi connectivity index (χ0v) is 21.1.